The molecule has 0 fully saturated rings. The lowest BCUT2D eigenvalue weighted by atomic mass is 9.90. The van der Waals surface area contributed by atoms with Gasteiger partial charge < -0.3 is 16.2 Å². The molecule has 4 N–H and O–H groups in total. The van der Waals surface area contributed by atoms with Gasteiger partial charge >= 0.3 is 0 Å². The number of amides is 1. The van der Waals surface area contributed by atoms with E-state index in [1.165, 1.54) is 30.3 Å². The molecule has 104 valence electrons. The van der Waals surface area contributed by atoms with Gasteiger partial charge in [0.25, 0.3) is 0 Å². The first-order chi connectivity index (χ1) is 9.41. The smallest absolute Gasteiger partial charge is 0.247 e. The quantitative estimate of drug-likeness (QED) is 0.801. The number of primary amides is 1. The highest BCUT2D eigenvalue weighted by atomic mass is 19.1. The largest absolute Gasteiger partial charge is 0.508 e. The van der Waals surface area contributed by atoms with Crippen molar-refractivity contribution < 1.29 is 14.3 Å². The van der Waals surface area contributed by atoms with Crippen molar-refractivity contribution in [2.75, 3.05) is 5.32 Å². The number of hydrogen-bond acceptors (Lipinski definition) is 3. The zero-order valence-electron chi connectivity index (χ0n) is 10.9. The lowest BCUT2D eigenvalue weighted by Crippen LogP contribution is -2.45. The molecular weight excluding hydrogens is 259 g/mol. The number of hydrogen-bond donors (Lipinski definition) is 3. The molecule has 1 unspecified atom stereocenters. The van der Waals surface area contributed by atoms with Crippen LogP contribution in [0.15, 0.2) is 48.5 Å². The van der Waals surface area contributed by atoms with Crippen LogP contribution in [0, 0.1) is 5.82 Å². The first kappa shape index (κ1) is 13.9. The van der Waals surface area contributed by atoms with Crippen LogP contribution in [0.25, 0.3) is 0 Å². The molecule has 0 radical (unpaired) electrons. The van der Waals surface area contributed by atoms with E-state index in [4.69, 9.17) is 5.73 Å². The van der Waals surface area contributed by atoms with Crippen LogP contribution in [0.1, 0.15) is 12.5 Å². The molecule has 0 spiro atoms. The summed E-state index contributed by atoms with van der Waals surface area (Å²) in [5.41, 5.74) is 5.13. The molecule has 2 aromatic carbocycles. The molecule has 0 aliphatic carbocycles. The highest BCUT2D eigenvalue weighted by Crippen LogP contribution is 2.28. The van der Waals surface area contributed by atoms with Crippen LogP contribution in [-0.2, 0) is 10.3 Å². The summed E-state index contributed by atoms with van der Waals surface area (Å²) in [4.78, 5) is 11.8. The van der Waals surface area contributed by atoms with Crippen molar-refractivity contribution in [1.29, 1.82) is 0 Å². The summed E-state index contributed by atoms with van der Waals surface area (Å²) in [6.07, 6.45) is 0. The van der Waals surface area contributed by atoms with Crippen molar-refractivity contribution in [2.45, 2.75) is 12.5 Å². The molecule has 2 rings (SSSR count). The maximum Gasteiger partial charge on any atom is 0.247 e. The molecule has 0 saturated carbocycles. The molecule has 5 heteroatoms. The maximum atomic E-state index is 13.2. The number of carbonyl (C=O) groups excluding carboxylic acids is 1. The standard InChI is InChI=1S/C15H15FN2O2/c1-15(14(17)20,10-4-2-7-13(19)8-10)18-12-6-3-5-11(16)9-12/h2-9,18-19H,1H3,(H2,17,20). The van der Waals surface area contributed by atoms with E-state index in [9.17, 15) is 14.3 Å². The van der Waals surface area contributed by atoms with E-state index in [2.05, 4.69) is 5.32 Å². The van der Waals surface area contributed by atoms with Crippen molar-refractivity contribution in [1.82, 2.24) is 0 Å². The predicted molar refractivity (Wildman–Crippen MR) is 74.7 cm³/mol. The predicted octanol–water partition coefficient (Wildman–Crippen LogP) is 2.34. The number of halogens is 1. The third kappa shape index (κ3) is 2.71. The molecule has 0 aliphatic heterocycles. The fourth-order valence-corrected chi connectivity index (χ4v) is 1.95. The zero-order valence-corrected chi connectivity index (χ0v) is 10.9. The highest BCUT2D eigenvalue weighted by Gasteiger charge is 2.33. The summed E-state index contributed by atoms with van der Waals surface area (Å²) in [5, 5.41) is 12.4. The van der Waals surface area contributed by atoms with Gasteiger partial charge in [-0.2, -0.15) is 0 Å². The Labute approximate surface area is 116 Å². The van der Waals surface area contributed by atoms with E-state index in [0.29, 0.717) is 11.3 Å². The van der Waals surface area contributed by atoms with Crippen molar-refractivity contribution in [3.05, 3.63) is 59.9 Å². The van der Waals surface area contributed by atoms with Crippen LogP contribution in [-0.4, -0.2) is 11.0 Å². The normalized spacial score (nSPS) is 13.5. The van der Waals surface area contributed by atoms with Gasteiger partial charge in [-0.3, -0.25) is 4.79 Å². The van der Waals surface area contributed by atoms with Crippen LogP contribution in [0.5, 0.6) is 5.75 Å². The lowest BCUT2D eigenvalue weighted by molar-refractivity contribution is -0.122. The lowest BCUT2D eigenvalue weighted by Gasteiger charge is -2.29. The Morgan fingerprint density at radius 1 is 1.25 bits per heavy atom. The Hall–Kier alpha value is -2.56. The number of aromatic hydroxyl groups is 1. The van der Waals surface area contributed by atoms with E-state index in [1.54, 1.807) is 25.1 Å². The second kappa shape index (κ2) is 5.21. The zero-order chi connectivity index (χ0) is 14.8. The number of anilines is 1. The monoisotopic (exact) mass is 274 g/mol. The van der Waals surface area contributed by atoms with Crippen molar-refractivity contribution in [3.8, 4) is 5.75 Å². The molecule has 0 heterocycles. The number of phenols is 1. The fourth-order valence-electron chi connectivity index (χ4n) is 1.95. The minimum Gasteiger partial charge on any atom is -0.508 e. The van der Waals surface area contributed by atoms with E-state index >= 15 is 0 Å². The van der Waals surface area contributed by atoms with E-state index in [1.807, 2.05) is 0 Å². The summed E-state index contributed by atoms with van der Waals surface area (Å²) < 4.78 is 13.2. The first-order valence-corrected chi connectivity index (χ1v) is 6.05. The maximum absolute atomic E-state index is 13.2. The summed E-state index contributed by atoms with van der Waals surface area (Å²) in [7, 11) is 0. The topological polar surface area (TPSA) is 75.3 Å². The van der Waals surface area contributed by atoms with Crippen LogP contribution in [0.2, 0.25) is 0 Å². The van der Waals surface area contributed by atoms with Crippen LogP contribution in [0.3, 0.4) is 0 Å². The summed E-state index contributed by atoms with van der Waals surface area (Å²) in [6, 6.07) is 11.9. The first-order valence-electron chi connectivity index (χ1n) is 6.05. The molecule has 0 aliphatic rings. The molecule has 0 saturated heterocycles. The molecule has 0 aromatic heterocycles. The number of nitrogens with one attached hydrogen (secondary N) is 1. The van der Waals surface area contributed by atoms with Crippen LogP contribution >= 0.6 is 0 Å². The third-order valence-corrected chi connectivity index (χ3v) is 3.14. The molecule has 20 heavy (non-hydrogen) atoms. The van der Waals surface area contributed by atoms with Crippen molar-refractivity contribution >= 4 is 11.6 Å². The molecular formula is C15H15FN2O2. The number of phenolic OH excluding ortho intramolecular Hbond substituents is 1. The van der Waals surface area contributed by atoms with Gasteiger partial charge in [0, 0.05) is 5.69 Å². The second-order valence-electron chi connectivity index (χ2n) is 4.67. The molecule has 1 amide bonds. The minimum atomic E-state index is -1.26. The van der Waals surface area contributed by atoms with Gasteiger partial charge in [0.2, 0.25) is 5.91 Å². The van der Waals surface area contributed by atoms with Crippen LogP contribution < -0.4 is 11.1 Å². The van der Waals surface area contributed by atoms with Crippen molar-refractivity contribution in [3.63, 3.8) is 0 Å². The average molecular weight is 274 g/mol. The highest BCUT2D eigenvalue weighted by molar-refractivity contribution is 5.89. The number of carbonyl (C=O) groups is 1. The van der Waals surface area contributed by atoms with E-state index in [-0.39, 0.29) is 5.75 Å². The van der Waals surface area contributed by atoms with Gasteiger partial charge in [0.1, 0.15) is 17.1 Å². The number of benzene rings is 2. The molecule has 2 aromatic rings. The Morgan fingerprint density at radius 3 is 2.55 bits per heavy atom. The molecule has 1 atom stereocenters. The second-order valence-corrected chi connectivity index (χ2v) is 4.67. The summed E-state index contributed by atoms with van der Waals surface area (Å²) in [6.45, 7) is 1.58. The van der Waals surface area contributed by atoms with E-state index in [0.717, 1.165) is 0 Å². The van der Waals surface area contributed by atoms with Gasteiger partial charge in [0.05, 0.1) is 0 Å². The van der Waals surface area contributed by atoms with Crippen LogP contribution in [0.4, 0.5) is 10.1 Å². The van der Waals surface area contributed by atoms with Crippen molar-refractivity contribution in [2.24, 2.45) is 5.73 Å². The summed E-state index contributed by atoms with van der Waals surface area (Å²) in [5.74, 6) is -1.03. The van der Waals surface area contributed by atoms with Gasteiger partial charge in [-0.25, -0.2) is 4.39 Å². The van der Waals surface area contributed by atoms with Gasteiger partial charge in [0.15, 0.2) is 0 Å². The molecule has 0 bridgehead atoms. The van der Waals surface area contributed by atoms with E-state index < -0.39 is 17.3 Å². The minimum absolute atomic E-state index is 0.0241. The Balaban J connectivity index is 2.42. The summed E-state index contributed by atoms with van der Waals surface area (Å²) >= 11 is 0. The SMILES string of the molecule is CC(Nc1cccc(F)c1)(C(N)=O)c1cccc(O)c1. The van der Waals surface area contributed by atoms with Gasteiger partial charge in [-0.1, -0.05) is 18.2 Å². The number of nitrogens with two attached hydrogens (primary N) is 1. The Morgan fingerprint density at radius 2 is 1.95 bits per heavy atom. The Kier molecular flexibility index (Phi) is 3.61. The number of rotatable bonds is 4. The van der Waals surface area contributed by atoms with Gasteiger partial charge in [-0.15, -0.1) is 0 Å². The third-order valence-electron chi connectivity index (χ3n) is 3.14. The average Bonchev–Trinajstić information content (AvgIpc) is 2.38. The van der Waals surface area contributed by atoms with Gasteiger partial charge in [-0.05, 0) is 42.8 Å². The Bertz CT molecular complexity index is 645. The molecule has 4 nitrogen and oxygen atoms in total. The fraction of sp³-hybridized carbons (Fsp3) is 0.133.